The summed E-state index contributed by atoms with van der Waals surface area (Å²) in [4.78, 5) is 2.19. The second-order valence-electron chi connectivity index (χ2n) is 9.69. The Labute approximate surface area is 208 Å². The molecule has 0 amide bonds. The number of nitrogens with one attached hydrogen (secondary N) is 1. The van der Waals surface area contributed by atoms with E-state index in [1.54, 1.807) is 0 Å². The summed E-state index contributed by atoms with van der Waals surface area (Å²) in [5, 5.41) is 3.67. The fourth-order valence-corrected chi connectivity index (χ4v) is 4.13. The molecule has 0 aliphatic carbocycles. The Morgan fingerprint density at radius 1 is 1.15 bits per heavy atom. The summed E-state index contributed by atoms with van der Waals surface area (Å²) in [5.74, 6) is 0. The molecule has 3 N–H and O–H groups in total. The van der Waals surface area contributed by atoms with Crippen LogP contribution in [-0.4, -0.2) is 13.6 Å². The van der Waals surface area contributed by atoms with Crippen LogP contribution < -0.4 is 16.0 Å². The van der Waals surface area contributed by atoms with Gasteiger partial charge in [0.15, 0.2) is 0 Å². The van der Waals surface area contributed by atoms with Crippen LogP contribution >= 0.6 is 0 Å². The lowest BCUT2D eigenvalue weighted by Gasteiger charge is -2.31. The Kier molecular flexibility index (Phi) is 10.0. The lowest BCUT2D eigenvalue weighted by molar-refractivity contribution is 0.357. The van der Waals surface area contributed by atoms with Gasteiger partial charge in [-0.25, -0.2) is 0 Å². The maximum absolute atomic E-state index is 6.56. The van der Waals surface area contributed by atoms with E-state index in [1.807, 2.05) is 13.8 Å². The van der Waals surface area contributed by atoms with Gasteiger partial charge in [-0.1, -0.05) is 90.1 Å². The minimum absolute atomic E-state index is 0.291. The van der Waals surface area contributed by atoms with Gasteiger partial charge in [-0.15, -0.1) is 0 Å². The number of allylic oxidation sites excluding steroid dienone is 3. The van der Waals surface area contributed by atoms with E-state index in [0.717, 1.165) is 66.0 Å². The molecule has 0 saturated heterocycles. The van der Waals surface area contributed by atoms with Crippen LogP contribution in [0.2, 0.25) is 0 Å². The number of aryl methyl sites for hydroxylation is 1. The molecule has 2 aromatic carbocycles. The first-order chi connectivity index (χ1) is 16.2. The lowest BCUT2D eigenvalue weighted by Crippen LogP contribution is -2.19. The Hall–Kier alpha value is -2.94. The Bertz CT molecular complexity index is 1010. The number of hydrogen-bond donors (Lipinski definition) is 2. The molecule has 34 heavy (non-hydrogen) atoms. The minimum atomic E-state index is 0.291. The van der Waals surface area contributed by atoms with Gasteiger partial charge in [-0.2, -0.15) is 0 Å². The maximum atomic E-state index is 6.56. The van der Waals surface area contributed by atoms with Crippen LogP contribution in [0.25, 0.3) is 11.6 Å². The normalized spacial score (nSPS) is 13.3. The van der Waals surface area contributed by atoms with Crippen LogP contribution in [0.5, 0.6) is 0 Å². The molecule has 1 aliphatic rings. The van der Waals surface area contributed by atoms with E-state index in [0.29, 0.717) is 5.41 Å². The van der Waals surface area contributed by atoms with Crippen molar-refractivity contribution in [2.75, 3.05) is 29.5 Å². The fraction of sp³-hybridized carbons (Fsp3) is 0.419. The molecule has 0 aromatic heterocycles. The molecular weight excluding hydrogens is 414 g/mol. The predicted molar refractivity (Wildman–Crippen MR) is 154 cm³/mol. The van der Waals surface area contributed by atoms with Crippen molar-refractivity contribution in [1.29, 1.82) is 0 Å². The van der Waals surface area contributed by atoms with E-state index in [-0.39, 0.29) is 0 Å². The van der Waals surface area contributed by atoms with Crippen LogP contribution in [0.15, 0.2) is 60.8 Å². The third kappa shape index (κ3) is 6.79. The number of fused-ring (bicyclic) bond motifs is 1. The molecule has 184 valence electrons. The van der Waals surface area contributed by atoms with Gasteiger partial charge in [0.1, 0.15) is 0 Å². The lowest BCUT2D eigenvalue weighted by atomic mass is 9.85. The maximum Gasteiger partial charge on any atom is 0.0598 e. The molecular formula is C31H45N3. The molecule has 0 radical (unpaired) electrons. The second kappa shape index (κ2) is 12.5. The van der Waals surface area contributed by atoms with Crippen LogP contribution in [0.4, 0.5) is 17.1 Å². The first-order valence-corrected chi connectivity index (χ1v) is 12.7. The van der Waals surface area contributed by atoms with Crippen LogP contribution in [0, 0.1) is 5.41 Å². The fourth-order valence-electron chi connectivity index (χ4n) is 4.13. The molecule has 2 aromatic rings. The molecule has 3 rings (SSSR count). The number of anilines is 3. The summed E-state index contributed by atoms with van der Waals surface area (Å²) in [6.45, 7) is 18.2. The van der Waals surface area contributed by atoms with E-state index < -0.39 is 0 Å². The Morgan fingerprint density at radius 3 is 2.47 bits per heavy atom. The summed E-state index contributed by atoms with van der Waals surface area (Å²) in [6, 6.07) is 12.7. The summed E-state index contributed by atoms with van der Waals surface area (Å²) >= 11 is 0. The monoisotopic (exact) mass is 459 g/mol. The summed E-state index contributed by atoms with van der Waals surface area (Å²) < 4.78 is 0. The quantitative estimate of drug-likeness (QED) is 0.291. The largest absolute Gasteiger partial charge is 0.398 e. The molecule has 0 unspecified atom stereocenters. The average molecular weight is 460 g/mol. The highest BCUT2D eigenvalue weighted by Crippen LogP contribution is 2.45. The van der Waals surface area contributed by atoms with E-state index in [9.17, 15) is 0 Å². The molecule has 0 bridgehead atoms. The molecule has 1 heterocycles. The molecule has 0 saturated carbocycles. The van der Waals surface area contributed by atoms with E-state index in [4.69, 9.17) is 5.73 Å². The Balaban J connectivity index is 0.00000199. The first kappa shape index (κ1) is 27.3. The number of nitrogen functional groups attached to an aromatic ring is 1. The van der Waals surface area contributed by atoms with Crippen molar-refractivity contribution < 1.29 is 0 Å². The second-order valence-corrected chi connectivity index (χ2v) is 9.69. The van der Waals surface area contributed by atoms with E-state index in [1.165, 1.54) is 11.1 Å². The van der Waals surface area contributed by atoms with Gasteiger partial charge >= 0.3 is 0 Å². The third-order valence-electron chi connectivity index (χ3n) is 6.60. The zero-order chi connectivity index (χ0) is 25.3. The first-order valence-electron chi connectivity index (χ1n) is 12.7. The number of nitrogens with zero attached hydrogens (tertiary/aromatic N) is 1. The highest BCUT2D eigenvalue weighted by Gasteiger charge is 2.24. The summed E-state index contributed by atoms with van der Waals surface area (Å²) in [5.41, 5.74) is 15.6. The molecule has 0 atom stereocenters. The molecule has 0 spiro atoms. The topological polar surface area (TPSA) is 41.3 Å². The van der Waals surface area contributed by atoms with Crippen LogP contribution in [0.3, 0.4) is 0 Å². The van der Waals surface area contributed by atoms with Crippen molar-refractivity contribution >= 4 is 28.7 Å². The highest BCUT2D eigenvalue weighted by molar-refractivity contribution is 6.00. The van der Waals surface area contributed by atoms with E-state index in [2.05, 4.69) is 106 Å². The van der Waals surface area contributed by atoms with Crippen molar-refractivity contribution in [2.24, 2.45) is 5.41 Å². The number of rotatable bonds is 9. The number of benzene rings is 2. The van der Waals surface area contributed by atoms with Gasteiger partial charge in [0.2, 0.25) is 0 Å². The SMILES string of the molecule is C=C1C(C)=CN(C)c2c(/C=C\CC(C)(C)CC)c(NCCCc3ccccc3)cc(N)c21.CC. The van der Waals surface area contributed by atoms with Crippen molar-refractivity contribution in [3.8, 4) is 0 Å². The van der Waals surface area contributed by atoms with Gasteiger partial charge in [0.05, 0.1) is 5.69 Å². The minimum Gasteiger partial charge on any atom is -0.398 e. The smallest absolute Gasteiger partial charge is 0.0598 e. The van der Waals surface area contributed by atoms with Crippen molar-refractivity contribution in [3.63, 3.8) is 0 Å². The summed E-state index contributed by atoms with van der Waals surface area (Å²) in [6.07, 6.45) is 11.0. The number of hydrogen-bond acceptors (Lipinski definition) is 3. The van der Waals surface area contributed by atoms with Crippen LogP contribution in [-0.2, 0) is 6.42 Å². The van der Waals surface area contributed by atoms with E-state index >= 15 is 0 Å². The zero-order valence-corrected chi connectivity index (χ0v) is 22.5. The molecule has 3 nitrogen and oxygen atoms in total. The zero-order valence-electron chi connectivity index (χ0n) is 22.5. The van der Waals surface area contributed by atoms with Gasteiger partial charge < -0.3 is 16.0 Å². The van der Waals surface area contributed by atoms with Crippen molar-refractivity contribution in [2.45, 2.75) is 67.2 Å². The standard InChI is InChI=1S/C29H39N3.C2H6/c1-7-29(4,5)17-11-16-24-26(31-18-12-15-23-13-9-8-10-14-23)19-25(30)27-22(3)21(2)20-32(6)28(24)27;1-2/h8-11,13-14,16,19-20,31H,3,7,12,15,17-18,30H2,1-2,4-6H3;1-2H3/b16-11-;. The highest BCUT2D eigenvalue weighted by atomic mass is 15.1. The molecule has 1 aliphatic heterocycles. The van der Waals surface area contributed by atoms with Crippen LogP contribution in [0.1, 0.15) is 77.5 Å². The van der Waals surface area contributed by atoms with Gasteiger partial charge in [0, 0.05) is 42.3 Å². The van der Waals surface area contributed by atoms with Crippen molar-refractivity contribution in [3.05, 3.63) is 77.5 Å². The van der Waals surface area contributed by atoms with Gasteiger partial charge in [-0.3, -0.25) is 0 Å². The third-order valence-corrected chi connectivity index (χ3v) is 6.60. The van der Waals surface area contributed by atoms with Gasteiger partial charge in [-0.05, 0) is 54.4 Å². The van der Waals surface area contributed by atoms with Crippen molar-refractivity contribution in [1.82, 2.24) is 0 Å². The average Bonchev–Trinajstić information content (AvgIpc) is 2.83. The molecule has 3 heteroatoms. The summed E-state index contributed by atoms with van der Waals surface area (Å²) in [7, 11) is 2.10. The van der Waals surface area contributed by atoms with Gasteiger partial charge in [0.25, 0.3) is 0 Å². The Morgan fingerprint density at radius 2 is 1.82 bits per heavy atom. The molecule has 0 fully saturated rings. The predicted octanol–water partition coefficient (Wildman–Crippen LogP) is 8.55. The number of nitrogens with two attached hydrogens (primary N) is 1.